The molecule has 0 spiro atoms. The van der Waals surface area contributed by atoms with Gasteiger partial charge in [0.05, 0.1) is 5.69 Å². The van der Waals surface area contributed by atoms with Crippen LogP contribution in [0.2, 0.25) is 0 Å². The minimum absolute atomic E-state index is 0.365. The Balaban J connectivity index is 1.67. The summed E-state index contributed by atoms with van der Waals surface area (Å²) in [6.07, 6.45) is 6.00. The van der Waals surface area contributed by atoms with Gasteiger partial charge in [0.25, 0.3) is 0 Å². The molecule has 104 valence electrons. The van der Waals surface area contributed by atoms with E-state index in [1.54, 1.807) is 0 Å². The van der Waals surface area contributed by atoms with Gasteiger partial charge in [0.15, 0.2) is 0 Å². The van der Waals surface area contributed by atoms with Gasteiger partial charge in [-0.1, -0.05) is 43.2 Å². The summed E-state index contributed by atoms with van der Waals surface area (Å²) in [5.41, 5.74) is 1.02. The lowest BCUT2D eigenvalue weighted by Gasteiger charge is -2.28. The fraction of sp³-hybridized carbons (Fsp3) is 0.538. The van der Waals surface area contributed by atoms with Gasteiger partial charge >= 0.3 is 0 Å². The predicted octanol–water partition coefficient (Wildman–Crippen LogP) is 3.33. The quantitative estimate of drug-likeness (QED) is 0.750. The third-order valence-electron chi connectivity index (χ3n) is 3.56. The van der Waals surface area contributed by atoms with Crippen LogP contribution in [-0.4, -0.2) is 13.8 Å². The molecule has 3 nitrogen and oxygen atoms in total. The molecule has 1 aromatic rings. The lowest BCUT2D eigenvalue weighted by molar-refractivity contribution is 0.419. The van der Waals surface area contributed by atoms with E-state index in [0.717, 1.165) is 23.4 Å². The summed E-state index contributed by atoms with van der Waals surface area (Å²) in [6, 6.07) is 8.36. The van der Waals surface area contributed by atoms with Crippen molar-refractivity contribution in [3.8, 4) is 0 Å². The van der Waals surface area contributed by atoms with Gasteiger partial charge in [-0.3, -0.25) is 0 Å². The number of rotatable bonds is 3. The summed E-state index contributed by atoms with van der Waals surface area (Å²) in [4.78, 5) is 1.11. The zero-order valence-corrected chi connectivity index (χ0v) is 13.1. The van der Waals surface area contributed by atoms with Crippen molar-refractivity contribution in [1.82, 2.24) is 4.72 Å². The first kappa shape index (κ1) is 13.8. The monoisotopic (exact) mass is 314 g/mol. The van der Waals surface area contributed by atoms with Gasteiger partial charge in [-0.2, -0.15) is 0 Å². The lowest BCUT2D eigenvalue weighted by atomic mass is 9.96. The highest BCUT2D eigenvalue weighted by Gasteiger charge is 2.41. The molecule has 0 radical (unpaired) electrons. The number of nitrogens with one attached hydrogen (secondary N) is 2. The maximum atomic E-state index is 12.5. The Hall–Kier alpha value is -0.170. The molecule has 2 atom stereocenters. The average molecular weight is 315 g/mol. The van der Waals surface area contributed by atoms with Gasteiger partial charge in [-0.15, -0.1) is 12.6 Å². The maximum absolute atomic E-state index is 12.5. The fourth-order valence-corrected chi connectivity index (χ4v) is 5.57. The van der Waals surface area contributed by atoms with Crippen molar-refractivity contribution in [2.75, 3.05) is 5.32 Å². The second-order valence-electron chi connectivity index (χ2n) is 5.03. The maximum Gasteiger partial charge on any atom is 0.224 e. The number of thioether (sulfide) groups is 1. The molecule has 2 N–H and O–H groups in total. The summed E-state index contributed by atoms with van der Waals surface area (Å²) < 4.78 is 15.0. The number of anilines is 1. The zero-order chi connectivity index (χ0) is 13.3. The lowest BCUT2D eigenvalue weighted by Crippen LogP contribution is -2.43. The first-order chi connectivity index (χ1) is 9.17. The Labute approximate surface area is 126 Å². The van der Waals surface area contributed by atoms with Crippen LogP contribution < -0.4 is 10.0 Å². The molecule has 1 aliphatic heterocycles. The van der Waals surface area contributed by atoms with Crippen LogP contribution in [0.1, 0.15) is 32.1 Å². The van der Waals surface area contributed by atoms with Crippen molar-refractivity contribution >= 4 is 41.1 Å². The number of fused-ring (bicyclic) bond motifs is 1. The molecule has 1 heterocycles. The van der Waals surface area contributed by atoms with E-state index in [4.69, 9.17) is 0 Å². The van der Waals surface area contributed by atoms with E-state index in [2.05, 4.69) is 22.7 Å². The number of thiol groups is 1. The Morgan fingerprint density at radius 3 is 2.79 bits per heavy atom. The van der Waals surface area contributed by atoms with Crippen molar-refractivity contribution in [3.05, 3.63) is 24.3 Å². The highest BCUT2D eigenvalue weighted by molar-refractivity contribution is 8.24. The number of benzene rings is 1. The SMILES string of the molecule is O=S(NC1CCCCC1)C1(S)Nc2ccccc2S1. The zero-order valence-electron chi connectivity index (χ0n) is 10.6. The predicted molar refractivity (Wildman–Crippen MR) is 85.8 cm³/mol. The Morgan fingerprint density at radius 2 is 2.05 bits per heavy atom. The van der Waals surface area contributed by atoms with Gasteiger partial charge in [-0.05, 0) is 25.0 Å². The van der Waals surface area contributed by atoms with Gasteiger partial charge in [0.1, 0.15) is 11.0 Å². The van der Waals surface area contributed by atoms with E-state index in [9.17, 15) is 4.21 Å². The molecular weight excluding hydrogens is 296 g/mol. The van der Waals surface area contributed by atoms with Crippen LogP contribution in [0.4, 0.5) is 5.69 Å². The Morgan fingerprint density at radius 1 is 1.32 bits per heavy atom. The van der Waals surface area contributed by atoms with Crippen molar-refractivity contribution in [2.24, 2.45) is 0 Å². The van der Waals surface area contributed by atoms with Crippen LogP contribution in [0.5, 0.6) is 0 Å². The largest absolute Gasteiger partial charge is 0.350 e. The third-order valence-corrected chi connectivity index (χ3v) is 7.25. The normalized spacial score (nSPS) is 28.7. The van der Waals surface area contributed by atoms with Gasteiger partial charge in [0.2, 0.25) is 3.54 Å². The summed E-state index contributed by atoms with van der Waals surface area (Å²) in [6.45, 7) is 0. The van der Waals surface area contributed by atoms with E-state index < -0.39 is 14.5 Å². The molecule has 0 aromatic heterocycles. The molecule has 1 aromatic carbocycles. The van der Waals surface area contributed by atoms with Crippen molar-refractivity contribution in [2.45, 2.75) is 46.6 Å². The summed E-state index contributed by atoms with van der Waals surface area (Å²) in [7, 11) is -1.22. The molecule has 2 unspecified atom stereocenters. The minimum Gasteiger partial charge on any atom is -0.350 e. The first-order valence-corrected chi connectivity index (χ1v) is 9.05. The van der Waals surface area contributed by atoms with Crippen LogP contribution >= 0.6 is 24.4 Å². The van der Waals surface area contributed by atoms with Crippen molar-refractivity contribution in [3.63, 3.8) is 0 Å². The highest BCUT2D eigenvalue weighted by atomic mass is 32.3. The van der Waals surface area contributed by atoms with Crippen molar-refractivity contribution in [1.29, 1.82) is 0 Å². The molecule has 19 heavy (non-hydrogen) atoms. The van der Waals surface area contributed by atoms with Gasteiger partial charge < -0.3 is 5.32 Å². The molecule has 3 rings (SSSR count). The van der Waals surface area contributed by atoms with Gasteiger partial charge in [0, 0.05) is 10.9 Å². The topological polar surface area (TPSA) is 41.1 Å². The Bertz CT molecular complexity index is 464. The van der Waals surface area contributed by atoms with E-state index in [1.165, 1.54) is 31.0 Å². The molecule has 2 aliphatic rings. The summed E-state index contributed by atoms with van der Waals surface area (Å²) in [5.74, 6) is 0. The number of para-hydroxylation sites is 1. The van der Waals surface area contributed by atoms with E-state index in [1.807, 2.05) is 24.3 Å². The van der Waals surface area contributed by atoms with E-state index in [0.29, 0.717) is 6.04 Å². The summed E-state index contributed by atoms with van der Waals surface area (Å²) in [5, 5.41) is 3.26. The second kappa shape index (κ2) is 5.68. The van der Waals surface area contributed by atoms with Crippen LogP contribution in [0.15, 0.2) is 29.2 Å². The molecule has 1 aliphatic carbocycles. The standard InChI is InChI=1S/C13H18N2OS3/c16-19(15-10-6-2-1-3-7-10)13(17)14-11-8-4-5-9-12(11)18-13/h4-5,8-10,14-15,17H,1-3,6-7H2. The smallest absolute Gasteiger partial charge is 0.224 e. The number of hydrogen-bond acceptors (Lipinski definition) is 4. The van der Waals surface area contributed by atoms with Crippen LogP contribution in [0.25, 0.3) is 0 Å². The summed E-state index contributed by atoms with van der Waals surface area (Å²) >= 11 is 6.14. The first-order valence-electron chi connectivity index (χ1n) is 6.64. The molecule has 0 saturated heterocycles. The second-order valence-corrected chi connectivity index (χ2v) is 9.20. The molecule has 0 bridgehead atoms. The van der Waals surface area contributed by atoms with Crippen molar-refractivity contribution < 1.29 is 4.21 Å². The average Bonchev–Trinajstić information content (AvgIpc) is 2.77. The number of hydrogen-bond donors (Lipinski definition) is 3. The Kier molecular flexibility index (Phi) is 4.12. The molecular formula is C13H18N2OS3. The van der Waals surface area contributed by atoms with Crippen LogP contribution in [0, 0.1) is 0 Å². The van der Waals surface area contributed by atoms with Crippen LogP contribution in [0.3, 0.4) is 0 Å². The highest BCUT2D eigenvalue weighted by Crippen LogP contribution is 2.48. The molecule has 1 saturated carbocycles. The van der Waals surface area contributed by atoms with E-state index >= 15 is 0 Å². The molecule has 1 fully saturated rings. The minimum atomic E-state index is -1.22. The van der Waals surface area contributed by atoms with Gasteiger partial charge in [-0.25, -0.2) is 8.93 Å². The molecule has 6 heteroatoms. The van der Waals surface area contributed by atoms with E-state index in [-0.39, 0.29) is 0 Å². The third kappa shape index (κ3) is 2.96. The van der Waals surface area contributed by atoms with Crippen LogP contribution in [-0.2, 0) is 11.0 Å². The molecule has 0 amide bonds. The fourth-order valence-electron chi connectivity index (χ4n) is 2.54.